The number of aliphatic hydroxyl groups is 2. The Balaban J connectivity index is 1.64. The molecule has 8 nitrogen and oxygen atoms in total. The summed E-state index contributed by atoms with van der Waals surface area (Å²) >= 11 is 0. The average Bonchev–Trinajstić information content (AvgIpc) is 2.77. The maximum absolute atomic E-state index is 13.0. The molecule has 1 fully saturated rings. The number of aliphatic hydroxyl groups excluding tert-OH is 2. The molecule has 9 heteroatoms. The third-order valence-corrected chi connectivity index (χ3v) is 6.82. The summed E-state index contributed by atoms with van der Waals surface area (Å²) in [5.41, 5.74) is 1.64. The first-order valence-electron chi connectivity index (χ1n) is 9.46. The summed E-state index contributed by atoms with van der Waals surface area (Å²) in [4.78, 5) is 2.36. The Morgan fingerprint density at radius 3 is 2.34 bits per heavy atom. The highest BCUT2D eigenvalue weighted by Crippen LogP contribution is 2.29. The molecule has 1 aliphatic heterocycles. The molecule has 158 valence electrons. The lowest BCUT2D eigenvalue weighted by Gasteiger charge is -2.35. The molecule has 1 aliphatic rings. The minimum absolute atomic E-state index is 0.188. The molecule has 2 aromatic rings. The van der Waals surface area contributed by atoms with E-state index in [1.165, 1.54) is 4.31 Å². The van der Waals surface area contributed by atoms with Crippen LogP contribution in [0, 0.1) is 0 Å². The van der Waals surface area contributed by atoms with Crippen LogP contribution in [0.15, 0.2) is 53.4 Å². The standard InChI is InChI=1S/C20H27N3O5S/c1-28-20-5-3-2-4-19(20)22-10-12-23(13-11-22)29(26,27)18-8-6-16(7-9-18)21-14-17(25)15-24/h2-9,17,21,24-25H,10-15H2,1H3. The van der Waals surface area contributed by atoms with Gasteiger partial charge >= 0.3 is 0 Å². The van der Waals surface area contributed by atoms with Gasteiger partial charge in [-0.15, -0.1) is 0 Å². The number of nitrogens with zero attached hydrogens (tertiary/aromatic N) is 2. The SMILES string of the molecule is COc1ccccc1N1CCN(S(=O)(=O)c2ccc(NCC(O)CO)cc2)CC1. The van der Waals surface area contributed by atoms with E-state index in [1.807, 2.05) is 24.3 Å². The van der Waals surface area contributed by atoms with Crippen LogP contribution in [-0.4, -0.2) is 75.5 Å². The first-order chi connectivity index (χ1) is 14.0. The molecular weight excluding hydrogens is 394 g/mol. The Morgan fingerprint density at radius 2 is 1.72 bits per heavy atom. The van der Waals surface area contributed by atoms with Crippen molar-refractivity contribution in [3.63, 3.8) is 0 Å². The van der Waals surface area contributed by atoms with E-state index in [4.69, 9.17) is 9.84 Å². The summed E-state index contributed by atoms with van der Waals surface area (Å²) in [6, 6.07) is 14.1. The third kappa shape index (κ3) is 4.99. The minimum Gasteiger partial charge on any atom is -0.495 e. The highest BCUT2D eigenvalue weighted by molar-refractivity contribution is 7.89. The van der Waals surface area contributed by atoms with Crippen molar-refractivity contribution in [2.24, 2.45) is 0 Å². The third-order valence-electron chi connectivity index (χ3n) is 4.91. The van der Waals surface area contributed by atoms with Gasteiger partial charge in [0.05, 0.1) is 30.4 Å². The van der Waals surface area contributed by atoms with E-state index in [0.717, 1.165) is 11.4 Å². The minimum atomic E-state index is -3.58. The first kappa shape index (κ1) is 21.4. The molecule has 1 atom stereocenters. The van der Waals surface area contributed by atoms with Crippen molar-refractivity contribution in [1.29, 1.82) is 0 Å². The lowest BCUT2D eigenvalue weighted by Crippen LogP contribution is -2.48. The van der Waals surface area contributed by atoms with E-state index in [1.54, 1.807) is 31.4 Å². The Morgan fingerprint density at radius 1 is 1.07 bits per heavy atom. The molecule has 0 radical (unpaired) electrons. The summed E-state index contributed by atoms with van der Waals surface area (Å²) in [5.74, 6) is 0.776. The maximum Gasteiger partial charge on any atom is 0.243 e. The van der Waals surface area contributed by atoms with E-state index in [0.29, 0.717) is 31.9 Å². The Kier molecular flexibility index (Phi) is 6.96. The van der Waals surface area contributed by atoms with Gasteiger partial charge in [-0.3, -0.25) is 0 Å². The Bertz CT molecular complexity index is 897. The maximum atomic E-state index is 13.0. The average molecular weight is 422 g/mol. The van der Waals surface area contributed by atoms with E-state index < -0.39 is 16.1 Å². The van der Waals surface area contributed by atoms with Gasteiger partial charge in [-0.2, -0.15) is 4.31 Å². The summed E-state index contributed by atoms with van der Waals surface area (Å²) in [5, 5.41) is 21.2. The number of methoxy groups -OCH3 is 1. The van der Waals surface area contributed by atoms with Crippen LogP contribution in [0.1, 0.15) is 0 Å². The summed E-state index contributed by atoms with van der Waals surface area (Å²) in [7, 11) is -1.95. The van der Waals surface area contributed by atoms with Gasteiger partial charge in [0.1, 0.15) is 5.75 Å². The normalized spacial score (nSPS) is 16.4. The Hall–Kier alpha value is -2.33. The fourth-order valence-electron chi connectivity index (χ4n) is 3.25. The van der Waals surface area contributed by atoms with Gasteiger partial charge in [0.2, 0.25) is 10.0 Å². The van der Waals surface area contributed by atoms with Gasteiger partial charge in [-0.05, 0) is 36.4 Å². The molecule has 2 aromatic carbocycles. The first-order valence-corrected chi connectivity index (χ1v) is 10.9. The van der Waals surface area contributed by atoms with Gasteiger partial charge in [0.15, 0.2) is 0 Å². The number of benzene rings is 2. The highest BCUT2D eigenvalue weighted by atomic mass is 32.2. The molecule has 29 heavy (non-hydrogen) atoms. The van der Waals surface area contributed by atoms with E-state index >= 15 is 0 Å². The number of sulfonamides is 1. The molecule has 3 N–H and O–H groups in total. The topological polar surface area (TPSA) is 102 Å². The quantitative estimate of drug-likeness (QED) is 0.584. The molecule has 0 bridgehead atoms. The van der Waals surface area contributed by atoms with Crippen molar-refractivity contribution in [3.05, 3.63) is 48.5 Å². The molecule has 0 amide bonds. The number of piperazine rings is 1. The van der Waals surface area contributed by atoms with Crippen molar-refractivity contribution in [2.45, 2.75) is 11.0 Å². The van der Waals surface area contributed by atoms with Gasteiger partial charge in [-0.25, -0.2) is 8.42 Å². The molecule has 0 saturated carbocycles. The molecule has 3 rings (SSSR count). The Labute approximate surface area is 171 Å². The number of anilines is 2. The lowest BCUT2D eigenvalue weighted by atomic mass is 10.2. The molecule has 1 saturated heterocycles. The van der Waals surface area contributed by atoms with Crippen molar-refractivity contribution >= 4 is 21.4 Å². The van der Waals surface area contributed by atoms with E-state index in [2.05, 4.69) is 10.2 Å². The van der Waals surface area contributed by atoms with Crippen LogP contribution in [0.2, 0.25) is 0 Å². The molecule has 0 aliphatic carbocycles. The predicted molar refractivity (Wildman–Crippen MR) is 112 cm³/mol. The number of hydrogen-bond acceptors (Lipinski definition) is 7. The van der Waals surface area contributed by atoms with E-state index in [-0.39, 0.29) is 18.0 Å². The largest absolute Gasteiger partial charge is 0.495 e. The predicted octanol–water partition coefficient (Wildman–Crippen LogP) is 0.971. The van der Waals surface area contributed by atoms with Crippen LogP contribution in [0.4, 0.5) is 11.4 Å². The van der Waals surface area contributed by atoms with Gasteiger partial charge < -0.3 is 25.2 Å². The second-order valence-corrected chi connectivity index (χ2v) is 8.74. The molecule has 0 aromatic heterocycles. The monoisotopic (exact) mass is 421 g/mol. The van der Waals surface area contributed by atoms with Gasteiger partial charge in [0, 0.05) is 38.4 Å². The molecular formula is C20H27N3O5S. The fourth-order valence-corrected chi connectivity index (χ4v) is 4.68. The molecule has 0 spiro atoms. The van der Waals surface area contributed by atoms with Crippen molar-refractivity contribution in [1.82, 2.24) is 4.31 Å². The zero-order valence-electron chi connectivity index (χ0n) is 16.4. The van der Waals surface area contributed by atoms with Crippen molar-refractivity contribution in [2.75, 3.05) is 56.7 Å². The smallest absolute Gasteiger partial charge is 0.243 e. The van der Waals surface area contributed by atoms with Crippen LogP contribution in [0.25, 0.3) is 0 Å². The van der Waals surface area contributed by atoms with Gasteiger partial charge in [0.25, 0.3) is 0 Å². The fraction of sp³-hybridized carbons (Fsp3) is 0.400. The van der Waals surface area contributed by atoms with Crippen LogP contribution in [0.5, 0.6) is 5.75 Å². The van der Waals surface area contributed by atoms with Crippen LogP contribution in [0.3, 0.4) is 0 Å². The molecule has 1 heterocycles. The number of rotatable bonds is 8. The van der Waals surface area contributed by atoms with Crippen LogP contribution >= 0.6 is 0 Å². The van der Waals surface area contributed by atoms with Crippen molar-refractivity contribution in [3.8, 4) is 5.75 Å². The lowest BCUT2D eigenvalue weighted by molar-refractivity contribution is 0.105. The zero-order valence-corrected chi connectivity index (χ0v) is 17.2. The number of hydrogen-bond donors (Lipinski definition) is 3. The zero-order chi connectivity index (χ0) is 20.9. The number of ether oxygens (including phenoxy) is 1. The number of nitrogens with one attached hydrogen (secondary N) is 1. The second-order valence-electron chi connectivity index (χ2n) is 6.80. The van der Waals surface area contributed by atoms with Crippen LogP contribution < -0.4 is 15.0 Å². The summed E-state index contributed by atoms with van der Waals surface area (Å²) in [6.07, 6.45) is -0.863. The summed E-state index contributed by atoms with van der Waals surface area (Å²) < 4.78 is 32.8. The van der Waals surface area contributed by atoms with Gasteiger partial charge in [-0.1, -0.05) is 12.1 Å². The number of para-hydroxylation sites is 2. The second kappa shape index (κ2) is 9.45. The molecule has 1 unspecified atom stereocenters. The van der Waals surface area contributed by atoms with Crippen molar-refractivity contribution < 1.29 is 23.4 Å². The van der Waals surface area contributed by atoms with Crippen LogP contribution in [-0.2, 0) is 10.0 Å². The summed E-state index contributed by atoms with van der Waals surface area (Å²) in [6.45, 7) is 1.80. The highest BCUT2D eigenvalue weighted by Gasteiger charge is 2.29. The van der Waals surface area contributed by atoms with E-state index in [9.17, 15) is 13.5 Å².